The smallest absolute Gasteiger partial charge is 0.269 e. The highest BCUT2D eigenvalue weighted by atomic mass is 28.3. The average Bonchev–Trinajstić information content (AvgIpc) is 3.83. The van der Waals surface area contributed by atoms with Gasteiger partial charge in [0.15, 0.2) is 5.60 Å². The van der Waals surface area contributed by atoms with Crippen LogP contribution in [-0.4, -0.2) is 73.6 Å². The molecule has 4 atom stereocenters. The predicted octanol–water partition coefficient (Wildman–Crippen LogP) is 5.90. The third kappa shape index (κ3) is 6.99. The van der Waals surface area contributed by atoms with E-state index >= 15 is 4.79 Å². The Labute approximate surface area is 327 Å². The molecule has 2 fully saturated rings. The Kier molecular flexibility index (Phi) is 10.9. The quantitative estimate of drug-likeness (QED) is 0.101. The van der Waals surface area contributed by atoms with Gasteiger partial charge >= 0.3 is 0 Å². The number of anilines is 2. The number of carbonyl (C=O) groups excluding carboxylic acids is 3. The molecule has 3 heterocycles. The van der Waals surface area contributed by atoms with Crippen LogP contribution in [0.2, 0.25) is 18.6 Å². The van der Waals surface area contributed by atoms with Crippen LogP contribution in [0.25, 0.3) is 0 Å². The number of nitro groups is 1. The number of hydrogen-bond donors (Lipinski definition) is 1. The van der Waals surface area contributed by atoms with Gasteiger partial charge in [0.2, 0.25) is 11.8 Å². The maximum absolute atomic E-state index is 15.3. The van der Waals surface area contributed by atoms with Crippen molar-refractivity contribution in [2.24, 2.45) is 5.92 Å². The molecule has 0 radical (unpaired) electrons. The summed E-state index contributed by atoms with van der Waals surface area (Å²) in [5.41, 5.74) is 1.40. The lowest BCUT2D eigenvalue weighted by molar-refractivity contribution is -0.385. The molecule has 0 unspecified atom stereocenters. The number of methoxy groups -OCH3 is 1. The van der Waals surface area contributed by atoms with Crippen molar-refractivity contribution in [3.05, 3.63) is 124 Å². The molecule has 3 aliphatic rings. The topological polar surface area (TPSA) is 143 Å². The highest BCUT2D eigenvalue weighted by molar-refractivity contribution is 6.91. The van der Waals surface area contributed by atoms with Gasteiger partial charge in [0, 0.05) is 55.4 Å². The van der Waals surface area contributed by atoms with Crippen molar-refractivity contribution >= 4 is 48.0 Å². The molecule has 1 spiro atoms. The molecule has 292 valence electrons. The monoisotopic (exact) mass is 776 g/mol. The van der Waals surface area contributed by atoms with E-state index in [1.807, 2.05) is 85.8 Å². The van der Waals surface area contributed by atoms with Gasteiger partial charge in [0.1, 0.15) is 5.75 Å². The van der Waals surface area contributed by atoms with Crippen LogP contribution in [-0.2, 0) is 37.8 Å². The van der Waals surface area contributed by atoms with E-state index < -0.39 is 30.6 Å². The fraction of sp³-hybridized carbons (Fsp3) is 0.372. The largest absolute Gasteiger partial charge is 0.497 e. The van der Waals surface area contributed by atoms with Crippen LogP contribution in [0.15, 0.2) is 97.1 Å². The highest BCUT2D eigenvalue weighted by Gasteiger charge is 2.66. The molecule has 3 amide bonds. The van der Waals surface area contributed by atoms with Crippen molar-refractivity contribution in [3.8, 4) is 5.75 Å². The molecule has 13 heteroatoms. The minimum absolute atomic E-state index is 0.0512. The number of fused-ring (bicyclic) bond motifs is 2. The zero-order valence-electron chi connectivity index (χ0n) is 32.2. The van der Waals surface area contributed by atoms with E-state index in [2.05, 4.69) is 13.1 Å². The normalized spacial score (nSPS) is 21.8. The molecule has 12 nitrogen and oxygen atoms in total. The summed E-state index contributed by atoms with van der Waals surface area (Å²) in [4.78, 5) is 58.8. The van der Waals surface area contributed by atoms with E-state index in [0.717, 1.165) is 28.4 Å². The van der Waals surface area contributed by atoms with E-state index in [1.165, 1.54) is 12.1 Å². The molecule has 1 N–H and O–H groups in total. The molecular formula is C43H48N4O8Si. The molecule has 3 aliphatic heterocycles. The summed E-state index contributed by atoms with van der Waals surface area (Å²) >= 11 is 0. The molecule has 0 saturated carbocycles. The summed E-state index contributed by atoms with van der Waals surface area (Å²) in [5, 5.41) is 23.3. The standard InChI is InChI=1S/C43H48N4O8Si/c1-29-41(56(3,4)35-19-17-34(54-2)18-20-35)38(26-40(50)44(23-24-48)27-30-9-6-5-7-10-30)55-43(29)36-25-33(47(52)53)16-21-37(36)46(42(43)51)28-31-12-14-32(15-13-31)45-22-8-11-39(45)49/h5-7,9-10,12-21,25,29,38,41,48H,8,11,22-24,26-28H2,1-4H3/t29-,38+,41-,43+/m0/s1. The van der Waals surface area contributed by atoms with E-state index in [9.17, 15) is 24.8 Å². The Morgan fingerprint density at radius 1 is 1.02 bits per heavy atom. The second-order valence-electron chi connectivity index (χ2n) is 15.6. The number of aliphatic hydroxyl groups excluding tert-OH is 1. The zero-order chi connectivity index (χ0) is 39.8. The first-order chi connectivity index (χ1) is 26.9. The van der Waals surface area contributed by atoms with Gasteiger partial charge in [-0.15, -0.1) is 0 Å². The number of nitro benzene ring substituents is 1. The molecule has 0 bridgehead atoms. The highest BCUT2D eigenvalue weighted by Crippen LogP contribution is 2.60. The second kappa shape index (κ2) is 15.6. The molecule has 0 aromatic heterocycles. The molecule has 56 heavy (non-hydrogen) atoms. The number of rotatable bonds is 13. The van der Waals surface area contributed by atoms with Gasteiger partial charge in [0.25, 0.3) is 11.6 Å². The molecule has 4 aromatic rings. The van der Waals surface area contributed by atoms with Crippen molar-refractivity contribution in [2.75, 3.05) is 36.6 Å². The molecular weight excluding hydrogens is 729 g/mol. The summed E-state index contributed by atoms with van der Waals surface area (Å²) in [6.07, 6.45) is 0.548. The lowest BCUT2D eigenvalue weighted by atomic mass is 9.82. The molecule has 0 aliphatic carbocycles. The van der Waals surface area contributed by atoms with Crippen LogP contribution in [0.4, 0.5) is 17.1 Å². The maximum Gasteiger partial charge on any atom is 0.269 e. The van der Waals surface area contributed by atoms with Gasteiger partial charge in [-0.05, 0) is 53.4 Å². The van der Waals surface area contributed by atoms with Crippen LogP contribution < -0.4 is 19.7 Å². The Bertz CT molecular complexity index is 2110. The number of benzene rings is 4. The Hall–Kier alpha value is -5.37. The zero-order valence-corrected chi connectivity index (χ0v) is 33.2. The van der Waals surface area contributed by atoms with E-state index in [1.54, 1.807) is 27.9 Å². The van der Waals surface area contributed by atoms with Crippen molar-refractivity contribution in [1.29, 1.82) is 0 Å². The number of ether oxygens (including phenoxy) is 2. The number of nitrogens with zero attached hydrogens (tertiary/aromatic N) is 4. The van der Waals surface area contributed by atoms with Gasteiger partial charge < -0.3 is 29.3 Å². The predicted molar refractivity (Wildman–Crippen MR) is 215 cm³/mol. The van der Waals surface area contributed by atoms with Crippen molar-refractivity contribution in [2.45, 2.75) is 69.6 Å². The fourth-order valence-corrected chi connectivity index (χ4v) is 13.2. The SMILES string of the molecule is COc1ccc([Si](C)(C)[C@@H]2[C@@H](CC(=O)N(CCO)Cc3ccccc3)O[C@]3(C(=O)N(Cc4ccc(N5CCCC5=O)cc4)c4ccc([N+](=O)[O-])cc43)[C@H]2C)cc1. The first-order valence-electron chi connectivity index (χ1n) is 19.1. The van der Waals surface area contributed by atoms with Gasteiger partial charge in [-0.3, -0.25) is 24.5 Å². The summed E-state index contributed by atoms with van der Waals surface area (Å²) in [6, 6.07) is 29.5. The minimum Gasteiger partial charge on any atom is -0.497 e. The maximum atomic E-state index is 15.3. The van der Waals surface area contributed by atoms with Gasteiger partial charge in [-0.1, -0.05) is 79.8 Å². The van der Waals surface area contributed by atoms with Crippen LogP contribution in [0.5, 0.6) is 5.75 Å². The summed E-state index contributed by atoms with van der Waals surface area (Å²) in [7, 11) is -1.03. The van der Waals surface area contributed by atoms with Gasteiger partial charge in [-0.25, -0.2) is 0 Å². The fourth-order valence-electron chi connectivity index (χ4n) is 9.17. The molecule has 4 aromatic carbocycles. The lowest BCUT2D eigenvalue weighted by Gasteiger charge is -2.37. The Morgan fingerprint density at radius 3 is 2.36 bits per heavy atom. The summed E-state index contributed by atoms with van der Waals surface area (Å²) in [6.45, 7) is 7.44. The van der Waals surface area contributed by atoms with Gasteiger partial charge in [0.05, 0.1) is 51.5 Å². The van der Waals surface area contributed by atoms with Crippen molar-refractivity contribution in [3.63, 3.8) is 0 Å². The first kappa shape index (κ1) is 38.9. The van der Waals surface area contributed by atoms with Crippen LogP contribution in [0.3, 0.4) is 0 Å². The Balaban J connectivity index is 1.29. The second-order valence-corrected chi connectivity index (χ2v) is 20.2. The minimum atomic E-state index is -2.64. The van der Waals surface area contributed by atoms with E-state index in [0.29, 0.717) is 36.5 Å². The van der Waals surface area contributed by atoms with E-state index in [4.69, 9.17) is 9.47 Å². The third-order valence-electron chi connectivity index (χ3n) is 12.0. The average molecular weight is 777 g/mol. The number of non-ortho nitro benzene ring substituents is 1. The summed E-state index contributed by atoms with van der Waals surface area (Å²) in [5.74, 6) is -0.261. The lowest BCUT2D eigenvalue weighted by Crippen LogP contribution is -2.52. The number of amides is 3. The van der Waals surface area contributed by atoms with E-state index in [-0.39, 0.29) is 55.1 Å². The molecule has 7 rings (SSSR count). The van der Waals surface area contributed by atoms with Crippen molar-refractivity contribution in [1.82, 2.24) is 4.90 Å². The third-order valence-corrected chi connectivity index (χ3v) is 16.4. The van der Waals surface area contributed by atoms with Crippen LogP contribution >= 0.6 is 0 Å². The van der Waals surface area contributed by atoms with Crippen LogP contribution in [0, 0.1) is 16.0 Å². The van der Waals surface area contributed by atoms with Gasteiger partial charge in [-0.2, -0.15) is 0 Å². The number of hydrogen-bond acceptors (Lipinski definition) is 8. The van der Waals surface area contributed by atoms with Crippen LogP contribution in [0.1, 0.15) is 42.9 Å². The first-order valence-corrected chi connectivity index (χ1v) is 22.2. The molecule has 2 saturated heterocycles. The summed E-state index contributed by atoms with van der Waals surface area (Å²) < 4.78 is 12.6. The number of carbonyl (C=O) groups is 3. The Morgan fingerprint density at radius 2 is 1.73 bits per heavy atom. The van der Waals surface area contributed by atoms with Crippen molar-refractivity contribution < 1.29 is 33.9 Å². The number of aliphatic hydroxyl groups is 1.